The monoisotopic (exact) mass is 239 g/mol. The van der Waals surface area contributed by atoms with Crippen molar-refractivity contribution in [3.8, 4) is 0 Å². The number of carbonyl (C=O) groups is 1. The Labute approximate surface area is 101 Å². The van der Waals surface area contributed by atoms with E-state index in [1.54, 1.807) is 0 Å². The minimum atomic E-state index is -0.204. The maximum Gasteiger partial charge on any atom is 0.305 e. The van der Waals surface area contributed by atoms with E-state index in [9.17, 15) is 4.79 Å². The minimum Gasteiger partial charge on any atom is -0.469 e. The van der Waals surface area contributed by atoms with E-state index in [4.69, 9.17) is 9.68 Å². The molecule has 0 aromatic heterocycles. The number of rotatable bonds is 6. The Kier molecular flexibility index (Phi) is 5.45. The number of methoxy groups -OCH3 is 1. The van der Waals surface area contributed by atoms with Crippen molar-refractivity contribution in [1.82, 2.24) is 0 Å². The SMILES string of the molecule is COC(=O)CCc1ccc(N(OC)OC)cc1. The standard InChI is InChI=1S/C12H17NO4/c1-15-12(14)9-6-10-4-7-11(8-5-10)13(16-2)17-3/h4-5,7-8H,6,9H2,1-3H3. The van der Waals surface area contributed by atoms with Gasteiger partial charge in [-0.3, -0.25) is 14.5 Å². The van der Waals surface area contributed by atoms with Crippen LogP contribution in [0.2, 0.25) is 0 Å². The van der Waals surface area contributed by atoms with Crippen LogP contribution in [0.5, 0.6) is 0 Å². The summed E-state index contributed by atoms with van der Waals surface area (Å²) < 4.78 is 4.58. The quantitative estimate of drug-likeness (QED) is 0.559. The zero-order valence-electron chi connectivity index (χ0n) is 10.3. The molecule has 0 bridgehead atoms. The summed E-state index contributed by atoms with van der Waals surface area (Å²) in [5.74, 6) is -0.204. The molecule has 0 saturated heterocycles. The fourth-order valence-electron chi connectivity index (χ4n) is 1.42. The summed E-state index contributed by atoms with van der Waals surface area (Å²) in [4.78, 5) is 20.9. The van der Waals surface area contributed by atoms with Gasteiger partial charge in [-0.05, 0) is 24.1 Å². The molecule has 5 heteroatoms. The van der Waals surface area contributed by atoms with Gasteiger partial charge in [0.05, 0.1) is 27.0 Å². The van der Waals surface area contributed by atoms with Crippen molar-refractivity contribution < 1.29 is 19.2 Å². The molecule has 1 aromatic rings. The average molecular weight is 239 g/mol. The summed E-state index contributed by atoms with van der Waals surface area (Å²) in [5, 5.41) is 1.30. The predicted molar refractivity (Wildman–Crippen MR) is 63.3 cm³/mol. The lowest BCUT2D eigenvalue weighted by Gasteiger charge is -2.18. The van der Waals surface area contributed by atoms with E-state index < -0.39 is 0 Å². The van der Waals surface area contributed by atoms with Gasteiger partial charge in [0, 0.05) is 6.42 Å². The second-order valence-corrected chi connectivity index (χ2v) is 3.36. The predicted octanol–water partition coefficient (Wildman–Crippen LogP) is 1.72. The Morgan fingerprint density at radius 2 is 1.71 bits per heavy atom. The molecule has 1 rings (SSSR count). The molecule has 0 aliphatic carbocycles. The summed E-state index contributed by atoms with van der Waals surface area (Å²) in [5.41, 5.74) is 1.85. The van der Waals surface area contributed by atoms with Gasteiger partial charge in [-0.1, -0.05) is 12.1 Å². The fourth-order valence-corrected chi connectivity index (χ4v) is 1.42. The number of ether oxygens (including phenoxy) is 1. The first-order valence-electron chi connectivity index (χ1n) is 5.25. The maximum absolute atomic E-state index is 11.0. The van der Waals surface area contributed by atoms with E-state index >= 15 is 0 Å². The molecule has 0 heterocycles. The highest BCUT2D eigenvalue weighted by Gasteiger charge is 2.05. The first kappa shape index (κ1) is 13.5. The van der Waals surface area contributed by atoms with Gasteiger partial charge in [0.15, 0.2) is 0 Å². The van der Waals surface area contributed by atoms with Crippen LogP contribution in [0, 0.1) is 0 Å². The molecular weight excluding hydrogens is 222 g/mol. The van der Waals surface area contributed by atoms with Crippen LogP contribution < -0.4 is 5.23 Å². The lowest BCUT2D eigenvalue weighted by Crippen LogP contribution is -2.19. The van der Waals surface area contributed by atoms with Crippen LogP contribution in [0.4, 0.5) is 5.69 Å². The molecule has 1 aromatic carbocycles. The number of benzene rings is 1. The lowest BCUT2D eigenvalue weighted by atomic mass is 10.1. The number of hydrogen-bond acceptors (Lipinski definition) is 5. The number of anilines is 1. The Morgan fingerprint density at radius 1 is 1.12 bits per heavy atom. The molecule has 0 N–H and O–H groups in total. The zero-order chi connectivity index (χ0) is 12.7. The number of nitrogens with zero attached hydrogens (tertiary/aromatic N) is 1. The Bertz CT molecular complexity index is 346. The Morgan fingerprint density at radius 3 is 2.18 bits per heavy atom. The van der Waals surface area contributed by atoms with E-state index in [0.717, 1.165) is 11.3 Å². The second-order valence-electron chi connectivity index (χ2n) is 3.36. The van der Waals surface area contributed by atoms with Crippen LogP contribution in [-0.2, 0) is 25.6 Å². The largest absolute Gasteiger partial charge is 0.469 e. The van der Waals surface area contributed by atoms with E-state index in [0.29, 0.717) is 12.8 Å². The van der Waals surface area contributed by atoms with Crippen molar-refractivity contribution in [3.05, 3.63) is 29.8 Å². The van der Waals surface area contributed by atoms with Gasteiger partial charge >= 0.3 is 5.97 Å². The molecule has 0 saturated carbocycles. The van der Waals surface area contributed by atoms with Crippen LogP contribution in [0.3, 0.4) is 0 Å². The van der Waals surface area contributed by atoms with Gasteiger partial charge in [-0.25, -0.2) is 0 Å². The molecular formula is C12H17NO4. The highest BCUT2D eigenvalue weighted by atomic mass is 16.9. The minimum absolute atomic E-state index is 0.204. The third kappa shape index (κ3) is 4.05. The molecule has 0 amide bonds. The van der Waals surface area contributed by atoms with Crippen molar-refractivity contribution in [1.29, 1.82) is 0 Å². The molecule has 94 valence electrons. The van der Waals surface area contributed by atoms with Crippen LogP contribution in [-0.4, -0.2) is 27.3 Å². The molecule has 0 atom stereocenters. The normalized spacial score (nSPS) is 10.1. The summed E-state index contributed by atoms with van der Waals surface area (Å²) >= 11 is 0. The molecule has 0 fully saturated rings. The average Bonchev–Trinajstić information content (AvgIpc) is 2.38. The van der Waals surface area contributed by atoms with E-state index in [1.165, 1.54) is 26.6 Å². The summed E-state index contributed by atoms with van der Waals surface area (Å²) in [6, 6.07) is 7.56. The van der Waals surface area contributed by atoms with Crippen LogP contribution in [0.1, 0.15) is 12.0 Å². The molecule has 0 unspecified atom stereocenters. The summed E-state index contributed by atoms with van der Waals surface area (Å²) in [6.07, 6.45) is 1.04. The highest BCUT2D eigenvalue weighted by Crippen LogP contribution is 2.16. The van der Waals surface area contributed by atoms with E-state index in [2.05, 4.69) is 4.74 Å². The van der Waals surface area contributed by atoms with E-state index in [1.807, 2.05) is 24.3 Å². The number of esters is 1. The van der Waals surface area contributed by atoms with Crippen LogP contribution in [0.15, 0.2) is 24.3 Å². The van der Waals surface area contributed by atoms with Crippen molar-refractivity contribution in [3.63, 3.8) is 0 Å². The lowest BCUT2D eigenvalue weighted by molar-refractivity contribution is -0.140. The first-order chi connectivity index (χ1) is 8.21. The van der Waals surface area contributed by atoms with Crippen LogP contribution >= 0.6 is 0 Å². The number of hydrogen-bond donors (Lipinski definition) is 0. The number of aryl methyl sites for hydroxylation is 1. The molecule has 0 spiro atoms. The smallest absolute Gasteiger partial charge is 0.305 e. The summed E-state index contributed by atoms with van der Waals surface area (Å²) in [7, 11) is 4.43. The first-order valence-corrected chi connectivity index (χ1v) is 5.25. The van der Waals surface area contributed by atoms with Crippen molar-refractivity contribution >= 4 is 11.7 Å². The number of carbonyl (C=O) groups excluding carboxylic acids is 1. The molecule has 17 heavy (non-hydrogen) atoms. The van der Waals surface area contributed by atoms with Gasteiger partial charge in [0.1, 0.15) is 0 Å². The highest BCUT2D eigenvalue weighted by molar-refractivity contribution is 5.69. The molecule has 0 aliphatic rings. The zero-order valence-corrected chi connectivity index (χ0v) is 10.3. The molecule has 5 nitrogen and oxygen atoms in total. The van der Waals surface area contributed by atoms with Gasteiger partial charge in [0.25, 0.3) is 0 Å². The van der Waals surface area contributed by atoms with Gasteiger partial charge in [-0.15, -0.1) is 5.23 Å². The van der Waals surface area contributed by atoms with Gasteiger partial charge in [0.2, 0.25) is 0 Å². The fraction of sp³-hybridized carbons (Fsp3) is 0.417. The Balaban J connectivity index is 2.58. The second kappa shape index (κ2) is 6.88. The third-order valence-corrected chi connectivity index (χ3v) is 2.32. The van der Waals surface area contributed by atoms with Gasteiger partial charge < -0.3 is 4.74 Å². The van der Waals surface area contributed by atoms with Crippen molar-refractivity contribution in [2.45, 2.75) is 12.8 Å². The topological polar surface area (TPSA) is 48.0 Å². The summed E-state index contributed by atoms with van der Waals surface area (Å²) in [6.45, 7) is 0. The molecule has 0 aliphatic heterocycles. The van der Waals surface area contributed by atoms with Gasteiger partial charge in [-0.2, -0.15) is 0 Å². The third-order valence-electron chi connectivity index (χ3n) is 2.32. The van der Waals surface area contributed by atoms with E-state index in [-0.39, 0.29) is 5.97 Å². The maximum atomic E-state index is 11.0. The van der Waals surface area contributed by atoms with Crippen molar-refractivity contribution in [2.24, 2.45) is 0 Å². The van der Waals surface area contributed by atoms with Crippen LogP contribution in [0.25, 0.3) is 0 Å². The Hall–Kier alpha value is -1.59. The molecule has 0 radical (unpaired) electrons. The van der Waals surface area contributed by atoms with Crippen molar-refractivity contribution in [2.75, 3.05) is 26.6 Å².